The second kappa shape index (κ2) is 7.09. The molecular weight excluding hydrogens is 407 g/mol. The molecule has 1 saturated carbocycles. The minimum absolute atomic E-state index is 0.0404. The Morgan fingerprint density at radius 3 is 2.58 bits per heavy atom. The quantitative estimate of drug-likeness (QED) is 0.591. The first-order valence-electron chi connectivity index (χ1n) is 10.4. The molecule has 0 atom stereocenters. The number of carbonyl (C=O) groups excluding carboxylic acids is 1. The summed E-state index contributed by atoms with van der Waals surface area (Å²) in [5.74, 6) is 0.590. The number of imidazole rings is 1. The SMILES string of the molecule is O=C1N(Cc2nc3cc(C(F)(F)F)ccc3n2CCCCO)c2ccccc2C12CC2. The van der Waals surface area contributed by atoms with Gasteiger partial charge in [-0.2, -0.15) is 13.2 Å². The number of aromatic nitrogens is 2. The number of aliphatic hydroxyl groups excluding tert-OH is 1. The van der Waals surface area contributed by atoms with E-state index in [0.29, 0.717) is 30.7 Å². The third-order valence-electron chi connectivity index (χ3n) is 6.36. The number of para-hydroxylation sites is 1. The molecule has 1 amide bonds. The summed E-state index contributed by atoms with van der Waals surface area (Å²) in [5.41, 5.74) is 1.56. The first kappa shape index (κ1) is 20.1. The molecule has 0 saturated heterocycles. The number of anilines is 1. The van der Waals surface area contributed by atoms with Crippen LogP contribution in [0, 0.1) is 0 Å². The van der Waals surface area contributed by atoms with Gasteiger partial charge in [-0.05, 0) is 55.5 Å². The molecule has 2 aliphatic rings. The van der Waals surface area contributed by atoms with E-state index in [1.54, 1.807) is 4.90 Å². The van der Waals surface area contributed by atoms with E-state index < -0.39 is 17.2 Å². The lowest BCUT2D eigenvalue weighted by Crippen LogP contribution is -2.32. The van der Waals surface area contributed by atoms with E-state index >= 15 is 0 Å². The lowest BCUT2D eigenvalue weighted by atomic mass is 9.98. The number of amides is 1. The number of aryl methyl sites for hydroxylation is 1. The van der Waals surface area contributed by atoms with Gasteiger partial charge in [0.1, 0.15) is 5.82 Å². The van der Waals surface area contributed by atoms with E-state index in [1.165, 1.54) is 6.07 Å². The second-order valence-corrected chi connectivity index (χ2v) is 8.30. The number of alkyl halides is 3. The van der Waals surface area contributed by atoms with Crippen molar-refractivity contribution >= 4 is 22.6 Å². The van der Waals surface area contributed by atoms with Crippen LogP contribution in [0.3, 0.4) is 0 Å². The molecule has 5 nitrogen and oxygen atoms in total. The summed E-state index contributed by atoms with van der Waals surface area (Å²) in [6, 6.07) is 11.3. The van der Waals surface area contributed by atoms with Crippen molar-refractivity contribution in [1.29, 1.82) is 0 Å². The molecule has 1 aliphatic carbocycles. The van der Waals surface area contributed by atoms with Gasteiger partial charge in [-0.3, -0.25) is 4.79 Å². The van der Waals surface area contributed by atoms with Crippen LogP contribution in [-0.2, 0) is 29.5 Å². The zero-order chi connectivity index (χ0) is 21.8. The van der Waals surface area contributed by atoms with Crippen molar-refractivity contribution in [2.24, 2.45) is 0 Å². The van der Waals surface area contributed by atoms with E-state index in [9.17, 15) is 18.0 Å². The van der Waals surface area contributed by atoms with Crippen LogP contribution in [-0.4, -0.2) is 27.2 Å². The van der Waals surface area contributed by atoms with Gasteiger partial charge in [0.15, 0.2) is 0 Å². The van der Waals surface area contributed by atoms with Crippen molar-refractivity contribution in [3.63, 3.8) is 0 Å². The van der Waals surface area contributed by atoms with Crippen molar-refractivity contribution < 1.29 is 23.1 Å². The fraction of sp³-hybridized carbons (Fsp3) is 0.391. The number of rotatable bonds is 6. The smallest absolute Gasteiger partial charge is 0.396 e. The Balaban J connectivity index is 1.55. The average Bonchev–Trinajstić information content (AvgIpc) is 3.43. The molecule has 1 aromatic heterocycles. The molecule has 2 aromatic carbocycles. The van der Waals surface area contributed by atoms with Crippen LogP contribution in [0.25, 0.3) is 11.0 Å². The fourth-order valence-corrected chi connectivity index (χ4v) is 4.61. The standard InChI is InChI=1S/C23H22F3N3O2/c24-23(25,26)15-7-8-19-17(13-15)27-20(28(19)11-3-4-12-30)14-29-18-6-2-1-5-16(18)22(9-10-22)21(29)31/h1-2,5-8,13,30H,3-4,9-12,14H2. The van der Waals surface area contributed by atoms with Gasteiger partial charge in [0, 0.05) is 18.8 Å². The van der Waals surface area contributed by atoms with Crippen LogP contribution in [0.5, 0.6) is 0 Å². The minimum Gasteiger partial charge on any atom is -0.396 e. The highest BCUT2D eigenvalue weighted by Crippen LogP contribution is 2.57. The highest BCUT2D eigenvalue weighted by atomic mass is 19.4. The molecule has 1 aliphatic heterocycles. The Hall–Kier alpha value is -2.87. The fourth-order valence-electron chi connectivity index (χ4n) is 4.61. The summed E-state index contributed by atoms with van der Waals surface area (Å²) in [6.45, 7) is 0.750. The molecule has 1 N–H and O–H groups in total. The monoisotopic (exact) mass is 429 g/mol. The van der Waals surface area contributed by atoms with Gasteiger partial charge < -0.3 is 14.6 Å². The lowest BCUT2D eigenvalue weighted by molar-refractivity contribution is -0.137. The molecular formula is C23H22F3N3O2. The highest BCUT2D eigenvalue weighted by Gasteiger charge is 2.59. The van der Waals surface area contributed by atoms with Gasteiger partial charge >= 0.3 is 6.18 Å². The summed E-state index contributed by atoms with van der Waals surface area (Å²) in [5, 5.41) is 9.14. The normalized spacial score (nSPS) is 17.0. The van der Waals surface area contributed by atoms with Crippen LogP contribution < -0.4 is 4.90 Å². The van der Waals surface area contributed by atoms with E-state index in [2.05, 4.69) is 4.98 Å². The van der Waals surface area contributed by atoms with Crippen LogP contribution in [0.2, 0.25) is 0 Å². The molecule has 1 spiro atoms. The maximum Gasteiger partial charge on any atom is 0.416 e. The summed E-state index contributed by atoms with van der Waals surface area (Å²) < 4.78 is 41.5. The van der Waals surface area contributed by atoms with E-state index in [0.717, 1.165) is 36.2 Å². The largest absolute Gasteiger partial charge is 0.416 e. The molecule has 8 heteroatoms. The zero-order valence-corrected chi connectivity index (χ0v) is 16.8. The molecule has 0 radical (unpaired) electrons. The number of aliphatic hydroxyl groups is 1. The Bertz CT molecular complexity index is 1160. The number of hydrogen-bond acceptors (Lipinski definition) is 3. The Morgan fingerprint density at radius 1 is 1.10 bits per heavy atom. The number of fused-ring (bicyclic) bond motifs is 3. The highest BCUT2D eigenvalue weighted by molar-refractivity contribution is 6.10. The van der Waals surface area contributed by atoms with Crippen molar-refractivity contribution in [2.45, 2.75) is 50.4 Å². The summed E-state index contributed by atoms with van der Waals surface area (Å²) >= 11 is 0. The zero-order valence-electron chi connectivity index (χ0n) is 16.8. The summed E-state index contributed by atoms with van der Waals surface area (Å²) in [6.07, 6.45) is -1.57. The van der Waals surface area contributed by atoms with Gasteiger partial charge in [0.05, 0.1) is 28.6 Å². The molecule has 0 bridgehead atoms. The molecule has 1 fully saturated rings. The van der Waals surface area contributed by atoms with E-state index in [4.69, 9.17) is 5.11 Å². The predicted octanol–water partition coefficient (Wildman–Crippen LogP) is 4.41. The van der Waals surface area contributed by atoms with Crippen molar-refractivity contribution in [3.05, 3.63) is 59.4 Å². The van der Waals surface area contributed by atoms with Gasteiger partial charge in [-0.15, -0.1) is 0 Å². The third-order valence-corrected chi connectivity index (χ3v) is 6.36. The van der Waals surface area contributed by atoms with E-state index in [-0.39, 0.29) is 24.6 Å². The number of hydrogen-bond donors (Lipinski definition) is 1. The Labute approximate surface area is 177 Å². The molecule has 162 valence electrons. The van der Waals surface area contributed by atoms with Crippen LogP contribution in [0.15, 0.2) is 42.5 Å². The number of nitrogens with zero attached hydrogens (tertiary/aromatic N) is 3. The Kier molecular flexibility index (Phi) is 4.58. The topological polar surface area (TPSA) is 58.4 Å². The number of carbonyl (C=O) groups is 1. The summed E-state index contributed by atoms with van der Waals surface area (Å²) in [7, 11) is 0. The predicted molar refractivity (Wildman–Crippen MR) is 110 cm³/mol. The van der Waals surface area contributed by atoms with Gasteiger partial charge in [0.25, 0.3) is 0 Å². The van der Waals surface area contributed by atoms with E-state index in [1.807, 2.05) is 28.8 Å². The van der Waals surface area contributed by atoms with Gasteiger partial charge in [-0.1, -0.05) is 18.2 Å². The third kappa shape index (κ3) is 3.20. The Morgan fingerprint density at radius 2 is 1.87 bits per heavy atom. The van der Waals surface area contributed by atoms with Crippen LogP contribution >= 0.6 is 0 Å². The van der Waals surface area contributed by atoms with Gasteiger partial charge in [-0.25, -0.2) is 4.98 Å². The molecule has 0 unspecified atom stereocenters. The molecule has 3 aromatic rings. The average molecular weight is 429 g/mol. The minimum atomic E-state index is -4.45. The van der Waals surface area contributed by atoms with Crippen molar-refractivity contribution in [2.75, 3.05) is 11.5 Å². The van der Waals surface area contributed by atoms with Crippen molar-refractivity contribution in [3.8, 4) is 0 Å². The summed E-state index contributed by atoms with van der Waals surface area (Å²) in [4.78, 5) is 19.5. The number of benzene rings is 2. The number of halogens is 3. The van der Waals surface area contributed by atoms with Crippen molar-refractivity contribution in [1.82, 2.24) is 9.55 Å². The molecule has 31 heavy (non-hydrogen) atoms. The van der Waals surface area contributed by atoms with Crippen LogP contribution in [0.1, 0.15) is 42.6 Å². The van der Waals surface area contributed by atoms with Crippen LogP contribution in [0.4, 0.5) is 18.9 Å². The molecule has 5 rings (SSSR count). The maximum absolute atomic E-state index is 13.2. The maximum atomic E-state index is 13.2. The first-order chi connectivity index (χ1) is 14.8. The number of unbranched alkanes of at least 4 members (excludes halogenated alkanes) is 1. The first-order valence-corrected chi connectivity index (χ1v) is 10.4. The van der Waals surface area contributed by atoms with Gasteiger partial charge in [0.2, 0.25) is 5.91 Å². The second-order valence-electron chi connectivity index (χ2n) is 8.30. The molecule has 2 heterocycles. The lowest BCUT2D eigenvalue weighted by Gasteiger charge is -2.19.